The number of likely N-dealkylation sites (N-methyl/N-ethyl adjacent to an activating group) is 1. The summed E-state index contributed by atoms with van der Waals surface area (Å²) in [5.41, 5.74) is 1.56. The van der Waals surface area contributed by atoms with E-state index in [1.165, 1.54) is 0 Å². The van der Waals surface area contributed by atoms with E-state index in [9.17, 15) is 9.90 Å². The molecule has 1 aliphatic rings. The molecular formula is C19H30N2O2. The summed E-state index contributed by atoms with van der Waals surface area (Å²) in [6.45, 7) is 7.24. The van der Waals surface area contributed by atoms with Gasteiger partial charge in [0.05, 0.1) is 5.60 Å². The lowest BCUT2D eigenvalue weighted by Gasteiger charge is -2.40. The maximum atomic E-state index is 13.1. The SMILES string of the molecule is Cc1ccccc1C(C(=O)N1CCC(C(C)(C)O)CC1)N(C)C. The van der Waals surface area contributed by atoms with Crippen LogP contribution in [0.3, 0.4) is 0 Å². The van der Waals surface area contributed by atoms with Crippen LogP contribution >= 0.6 is 0 Å². The van der Waals surface area contributed by atoms with Crippen molar-refractivity contribution in [3.63, 3.8) is 0 Å². The number of likely N-dealkylation sites (tertiary alicyclic amines) is 1. The summed E-state index contributed by atoms with van der Waals surface area (Å²) in [4.78, 5) is 17.0. The van der Waals surface area contributed by atoms with Crippen molar-refractivity contribution in [2.45, 2.75) is 45.3 Å². The van der Waals surface area contributed by atoms with Gasteiger partial charge in [-0.1, -0.05) is 24.3 Å². The van der Waals surface area contributed by atoms with Crippen LogP contribution < -0.4 is 0 Å². The number of carbonyl (C=O) groups is 1. The van der Waals surface area contributed by atoms with E-state index >= 15 is 0 Å². The summed E-state index contributed by atoms with van der Waals surface area (Å²) in [6.07, 6.45) is 1.73. The second-order valence-corrected chi connectivity index (χ2v) is 7.48. The minimum atomic E-state index is -0.661. The van der Waals surface area contributed by atoms with Gasteiger partial charge in [-0.25, -0.2) is 0 Å². The number of carbonyl (C=O) groups excluding carboxylic acids is 1. The highest BCUT2D eigenvalue weighted by atomic mass is 16.3. The minimum absolute atomic E-state index is 0.165. The van der Waals surface area contributed by atoms with Crippen molar-refractivity contribution in [3.8, 4) is 0 Å². The third-order valence-electron chi connectivity index (χ3n) is 5.04. The molecule has 4 nitrogen and oxygen atoms in total. The lowest BCUT2D eigenvalue weighted by Crippen LogP contribution is -2.47. The van der Waals surface area contributed by atoms with E-state index in [1.807, 2.05) is 55.9 Å². The Hall–Kier alpha value is -1.39. The number of aryl methyl sites for hydroxylation is 1. The molecule has 0 spiro atoms. The van der Waals surface area contributed by atoms with Crippen LogP contribution in [0.4, 0.5) is 0 Å². The molecule has 0 saturated carbocycles. The average Bonchev–Trinajstić information content (AvgIpc) is 2.48. The predicted molar refractivity (Wildman–Crippen MR) is 93.2 cm³/mol. The molecule has 1 amide bonds. The van der Waals surface area contributed by atoms with Crippen molar-refractivity contribution in [2.75, 3.05) is 27.2 Å². The third kappa shape index (κ3) is 4.12. The van der Waals surface area contributed by atoms with Crippen molar-refractivity contribution in [2.24, 2.45) is 5.92 Å². The second-order valence-electron chi connectivity index (χ2n) is 7.48. The zero-order chi connectivity index (χ0) is 17.2. The number of hydrogen-bond donors (Lipinski definition) is 1. The van der Waals surface area contributed by atoms with Crippen molar-refractivity contribution < 1.29 is 9.90 Å². The van der Waals surface area contributed by atoms with Gasteiger partial charge in [0, 0.05) is 13.1 Å². The molecule has 2 rings (SSSR count). The van der Waals surface area contributed by atoms with Crippen LogP contribution in [0.2, 0.25) is 0 Å². The fraction of sp³-hybridized carbons (Fsp3) is 0.632. The van der Waals surface area contributed by atoms with Gasteiger partial charge in [0.25, 0.3) is 0 Å². The third-order valence-corrected chi connectivity index (χ3v) is 5.04. The fourth-order valence-corrected chi connectivity index (χ4v) is 3.50. The Balaban J connectivity index is 2.13. The molecule has 1 aromatic carbocycles. The van der Waals surface area contributed by atoms with Crippen LogP contribution in [0.1, 0.15) is 43.9 Å². The van der Waals surface area contributed by atoms with Gasteiger partial charge in [0.1, 0.15) is 6.04 Å². The number of rotatable bonds is 4. The maximum Gasteiger partial charge on any atom is 0.244 e. The standard InChI is InChI=1S/C19H30N2O2/c1-14-8-6-7-9-16(14)17(20(4)5)18(22)21-12-10-15(11-13-21)19(2,3)23/h6-9,15,17,23H,10-13H2,1-5H3. The zero-order valence-corrected chi connectivity index (χ0v) is 15.0. The highest BCUT2D eigenvalue weighted by Crippen LogP contribution is 2.30. The minimum Gasteiger partial charge on any atom is -0.390 e. The van der Waals surface area contributed by atoms with Gasteiger partial charge in [0.2, 0.25) is 5.91 Å². The number of hydrogen-bond acceptors (Lipinski definition) is 3. The summed E-state index contributed by atoms with van der Waals surface area (Å²) < 4.78 is 0. The summed E-state index contributed by atoms with van der Waals surface area (Å²) in [6, 6.07) is 7.85. The van der Waals surface area contributed by atoms with Gasteiger partial charge in [-0.15, -0.1) is 0 Å². The second kappa shape index (κ2) is 7.02. The maximum absolute atomic E-state index is 13.1. The number of nitrogens with zero attached hydrogens (tertiary/aromatic N) is 2. The van der Waals surface area contributed by atoms with E-state index in [2.05, 4.69) is 13.0 Å². The Morgan fingerprint density at radius 3 is 2.30 bits per heavy atom. The van der Waals surface area contributed by atoms with Crippen molar-refractivity contribution in [1.29, 1.82) is 0 Å². The number of aliphatic hydroxyl groups is 1. The molecule has 23 heavy (non-hydrogen) atoms. The monoisotopic (exact) mass is 318 g/mol. The molecule has 0 radical (unpaired) electrons. The van der Waals surface area contributed by atoms with Gasteiger partial charge in [-0.2, -0.15) is 0 Å². The first-order valence-corrected chi connectivity index (χ1v) is 8.45. The molecule has 4 heteroatoms. The highest BCUT2D eigenvalue weighted by Gasteiger charge is 2.35. The van der Waals surface area contributed by atoms with E-state index in [4.69, 9.17) is 0 Å². The number of benzene rings is 1. The lowest BCUT2D eigenvalue weighted by molar-refractivity contribution is -0.139. The van der Waals surface area contributed by atoms with Crippen LogP contribution in [0.25, 0.3) is 0 Å². The molecule has 1 atom stereocenters. The Bertz CT molecular complexity index is 541. The smallest absolute Gasteiger partial charge is 0.244 e. The Morgan fingerprint density at radius 1 is 1.26 bits per heavy atom. The quantitative estimate of drug-likeness (QED) is 0.928. The molecule has 128 valence electrons. The van der Waals surface area contributed by atoms with E-state index in [1.54, 1.807) is 0 Å². The molecular weight excluding hydrogens is 288 g/mol. The van der Waals surface area contributed by atoms with Crippen LogP contribution in [0.5, 0.6) is 0 Å². The first-order chi connectivity index (χ1) is 10.7. The van der Waals surface area contributed by atoms with E-state index in [0.29, 0.717) is 0 Å². The van der Waals surface area contributed by atoms with Gasteiger partial charge in [-0.05, 0) is 64.8 Å². The molecule has 1 unspecified atom stereocenters. The summed E-state index contributed by atoms with van der Waals surface area (Å²) >= 11 is 0. The first kappa shape index (κ1) is 18.0. The largest absolute Gasteiger partial charge is 0.390 e. The molecule has 1 saturated heterocycles. The molecule has 1 heterocycles. The summed E-state index contributed by atoms with van der Waals surface area (Å²) in [5.74, 6) is 0.432. The predicted octanol–water partition coefficient (Wildman–Crippen LogP) is 2.61. The molecule has 1 aliphatic heterocycles. The van der Waals surface area contributed by atoms with Crippen LogP contribution in [0, 0.1) is 12.8 Å². The fourth-order valence-electron chi connectivity index (χ4n) is 3.50. The van der Waals surface area contributed by atoms with E-state index in [0.717, 1.165) is 37.1 Å². The van der Waals surface area contributed by atoms with Crippen molar-refractivity contribution >= 4 is 5.91 Å². The van der Waals surface area contributed by atoms with E-state index in [-0.39, 0.29) is 17.9 Å². The topological polar surface area (TPSA) is 43.8 Å². The van der Waals surface area contributed by atoms with Gasteiger partial charge in [0.15, 0.2) is 0 Å². The molecule has 1 N–H and O–H groups in total. The van der Waals surface area contributed by atoms with Gasteiger partial charge < -0.3 is 10.0 Å². The molecule has 0 aliphatic carbocycles. The van der Waals surface area contributed by atoms with Crippen LogP contribution in [0.15, 0.2) is 24.3 Å². The summed E-state index contributed by atoms with van der Waals surface area (Å²) in [7, 11) is 3.91. The first-order valence-electron chi connectivity index (χ1n) is 8.45. The summed E-state index contributed by atoms with van der Waals surface area (Å²) in [5, 5.41) is 10.2. The molecule has 0 aromatic heterocycles. The number of amides is 1. The Labute approximate surface area is 140 Å². The zero-order valence-electron chi connectivity index (χ0n) is 15.0. The Morgan fingerprint density at radius 2 is 1.83 bits per heavy atom. The van der Waals surface area contributed by atoms with E-state index < -0.39 is 5.60 Å². The molecule has 1 fully saturated rings. The lowest BCUT2D eigenvalue weighted by atomic mass is 9.83. The van der Waals surface area contributed by atoms with Gasteiger partial charge in [-0.3, -0.25) is 9.69 Å². The average molecular weight is 318 g/mol. The van der Waals surface area contributed by atoms with Gasteiger partial charge >= 0.3 is 0 Å². The molecule has 0 bridgehead atoms. The van der Waals surface area contributed by atoms with Crippen molar-refractivity contribution in [1.82, 2.24) is 9.80 Å². The van der Waals surface area contributed by atoms with Crippen LogP contribution in [-0.4, -0.2) is 53.6 Å². The Kier molecular flexibility index (Phi) is 5.48. The number of piperidine rings is 1. The van der Waals surface area contributed by atoms with Crippen molar-refractivity contribution in [3.05, 3.63) is 35.4 Å². The molecule has 1 aromatic rings. The highest BCUT2D eigenvalue weighted by molar-refractivity contribution is 5.83. The van der Waals surface area contributed by atoms with Crippen LogP contribution in [-0.2, 0) is 4.79 Å². The normalized spacial score (nSPS) is 18.3.